The molecule has 1 aliphatic carbocycles. The molecule has 0 unspecified atom stereocenters. The minimum absolute atomic E-state index is 0.0417. The maximum absolute atomic E-state index is 14.2. The second-order valence-corrected chi connectivity index (χ2v) is 5.51. The van der Waals surface area contributed by atoms with Crippen LogP contribution in [0.5, 0.6) is 5.75 Å². The molecular weight excluding hydrogens is 278 g/mol. The van der Waals surface area contributed by atoms with Crippen LogP contribution in [0.4, 0.5) is 8.78 Å². The normalized spacial score (nSPS) is 17.8. The largest absolute Gasteiger partial charge is 0.490 e. The average molecular weight is 298 g/mol. The van der Waals surface area contributed by atoms with Crippen molar-refractivity contribution in [2.24, 2.45) is 0 Å². The summed E-state index contributed by atoms with van der Waals surface area (Å²) < 4.78 is 33.4. The smallest absolute Gasteiger partial charge is 0.200 e. The van der Waals surface area contributed by atoms with E-state index in [0.29, 0.717) is 6.61 Å². The van der Waals surface area contributed by atoms with Gasteiger partial charge < -0.3 is 9.84 Å². The zero-order valence-corrected chi connectivity index (χ0v) is 12.1. The fourth-order valence-corrected chi connectivity index (χ4v) is 2.54. The van der Waals surface area contributed by atoms with Crippen molar-refractivity contribution in [3.8, 4) is 5.75 Å². The van der Waals surface area contributed by atoms with Gasteiger partial charge in [0, 0.05) is 18.4 Å². The van der Waals surface area contributed by atoms with Crippen LogP contribution in [-0.2, 0) is 10.4 Å². The third kappa shape index (κ3) is 3.40. The molecule has 3 nitrogen and oxygen atoms in total. The minimum Gasteiger partial charge on any atom is -0.490 e. The van der Waals surface area contributed by atoms with Gasteiger partial charge in [0.15, 0.2) is 11.6 Å². The molecule has 0 amide bonds. The molecule has 1 N–H and O–H groups in total. The highest BCUT2D eigenvalue weighted by molar-refractivity contribution is 5.79. The number of ether oxygens (including phenoxy) is 1. The number of unbranched alkanes of at least 4 members (excludes halogenated alkanes) is 1. The molecule has 116 valence electrons. The van der Waals surface area contributed by atoms with Gasteiger partial charge in [-0.3, -0.25) is 4.79 Å². The van der Waals surface area contributed by atoms with Crippen molar-refractivity contribution < 1.29 is 23.4 Å². The lowest BCUT2D eigenvalue weighted by molar-refractivity contribution is -0.125. The van der Waals surface area contributed by atoms with Crippen LogP contribution in [0.2, 0.25) is 0 Å². The molecule has 1 fully saturated rings. The summed E-state index contributed by atoms with van der Waals surface area (Å²) in [7, 11) is 0. The molecule has 0 radical (unpaired) electrons. The van der Waals surface area contributed by atoms with Gasteiger partial charge in [-0.25, -0.2) is 4.39 Å². The van der Waals surface area contributed by atoms with E-state index in [2.05, 4.69) is 0 Å². The maximum Gasteiger partial charge on any atom is 0.200 e. The number of hydrogen-bond donors (Lipinski definition) is 1. The zero-order valence-electron chi connectivity index (χ0n) is 12.1. The summed E-state index contributed by atoms with van der Waals surface area (Å²) in [6.07, 6.45) is 2.28. The van der Waals surface area contributed by atoms with E-state index < -0.39 is 17.2 Å². The van der Waals surface area contributed by atoms with E-state index in [0.717, 1.165) is 12.8 Å². The van der Waals surface area contributed by atoms with E-state index in [1.165, 1.54) is 12.1 Å². The topological polar surface area (TPSA) is 46.5 Å². The van der Waals surface area contributed by atoms with E-state index in [9.17, 15) is 18.7 Å². The van der Waals surface area contributed by atoms with Gasteiger partial charge in [0.2, 0.25) is 5.82 Å². The lowest BCUT2D eigenvalue weighted by Gasteiger charge is -2.32. The predicted octanol–water partition coefficient (Wildman–Crippen LogP) is 3.47. The first-order chi connectivity index (χ1) is 9.98. The summed E-state index contributed by atoms with van der Waals surface area (Å²) in [6, 6.07) is 2.70. The number of carbonyl (C=O) groups excluding carboxylic acids is 1. The van der Waals surface area contributed by atoms with Crippen LogP contribution in [0.25, 0.3) is 0 Å². The van der Waals surface area contributed by atoms with Crippen LogP contribution in [-0.4, -0.2) is 17.5 Å². The Balaban J connectivity index is 2.22. The number of ketones is 1. The van der Waals surface area contributed by atoms with Gasteiger partial charge in [0.05, 0.1) is 12.2 Å². The number of aliphatic hydroxyl groups is 1. The summed E-state index contributed by atoms with van der Waals surface area (Å²) in [4.78, 5) is 11.2. The quantitative estimate of drug-likeness (QED) is 0.847. The Morgan fingerprint density at radius 1 is 1.24 bits per heavy atom. The molecule has 1 aromatic carbocycles. The van der Waals surface area contributed by atoms with Gasteiger partial charge in [-0.05, 0) is 31.4 Å². The van der Waals surface area contributed by atoms with E-state index in [4.69, 9.17) is 4.74 Å². The van der Waals surface area contributed by atoms with Crippen molar-refractivity contribution in [1.82, 2.24) is 0 Å². The van der Waals surface area contributed by atoms with Crippen LogP contribution in [0.15, 0.2) is 12.1 Å². The first kappa shape index (κ1) is 15.9. The zero-order chi connectivity index (χ0) is 15.5. The molecule has 2 rings (SSSR count). The maximum atomic E-state index is 14.2. The Morgan fingerprint density at radius 3 is 2.52 bits per heavy atom. The van der Waals surface area contributed by atoms with Crippen LogP contribution < -0.4 is 4.74 Å². The number of hydrogen-bond acceptors (Lipinski definition) is 3. The summed E-state index contributed by atoms with van der Waals surface area (Å²) >= 11 is 0. The van der Waals surface area contributed by atoms with Gasteiger partial charge in [0.1, 0.15) is 5.78 Å². The number of halogens is 2. The second-order valence-electron chi connectivity index (χ2n) is 5.51. The minimum atomic E-state index is -1.47. The van der Waals surface area contributed by atoms with Crippen LogP contribution in [0.3, 0.4) is 0 Å². The molecule has 1 aliphatic rings. The predicted molar refractivity (Wildman–Crippen MR) is 74.1 cm³/mol. The van der Waals surface area contributed by atoms with Crippen LogP contribution in [0.1, 0.15) is 51.0 Å². The Hall–Kier alpha value is -1.49. The average Bonchev–Trinajstić information content (AvgIpc) is 2.47. The molecule has 1 aromatic rings. The molecule has 1 saturated carbocycles. The summed E-state index contributed by atoms with van der Waals surface area (Å²) in [5.41, 5.74) is -1.56. The number of benzene rings is 1. The lowest BCUT2D eigenvalue weighted by Crippen LogP contribution is -2.32. The first-order valence-electron chi connectivity index (χ1n) is 7.33. The van der Waals surface area contributed by atoms with E-state index in [1.54, 1.807) is 0 Å². The van der Waals surface area contributed by atoms with Gasteiger partial charge in [-0.1, -0.05) is 13.3 Å². The van der Waals surface area contributed by atoms with E-state index in [-0.39, 0.29) is 42.8 Å². The van der Waals surface area contributed by atoms with Gasteiger partial charge in [-0.2, -0.15) is 4.39 Å². The standard InChI is InChI=1S/C16H20F2O3/c1-2-3-10-21-13-5-4-12(14(17)15(13)18)16(20)8-6-11(19)7-9-16/h4-5,20H,2-3,6-10H2,1H3. The molecule has 21 heavy (non-hydrogen) atoms. The molecule has 0 aliphatic heterocycles. The number of rotatable bonds is 5. The SMILES string of the molecule is CCCCOc1ccc(C2(O)CCC(=O)CC2)c(F)c1F. The molecule has 0 aromatic heterocycles. The summed E-state index contributed by atoms with van der Waals surface area (Å²) in [6.45, 7) is 2.30. The van der Waals surface area contributed by atoms with Crippen molar-refractivity contribution in [2.75, 3.05) is 6.61 Å². The highest BCUT2D eigenvalue weighted by Crippen LogP contribution is 2.39. The van der Waals surface area contributed by atoms with Crippen molar-refractivity contribution in [3.05, 3.63) is 29.3 Å². The molecule has 0 bridgehead atoms. The van der Waals surface area contributed by atoms with Crippen LogP contribution in [0, 0.1) is 11.6 Å². The third-order valence-electron chi connectivity index (χ3n) is 3.94. The molecule has 0 saturated heterocycles. The Morgan fingerprint density at radius 2 is 1.90 bits per heavy atom. The fraction of sp³-hybridized carbons (Fsp3) is 0.562. The fourth-order valence-electron chi connectivity index (χ4n) is 2.54. The Kier molecular flexibility index (Phi) is 4.93. The van der Waals surface area contributed by atoms with Crippen molar-refractivity contribution in [1.29, 1.82) is 0 Å². The monoisotopic (exact) mass is 298 g/mol. The van der Waals surface area contributed by atoms with Crippen molar-refractivity contribution in [2.45, 2.75) is 51.0 Å². The third-order valence-corrected chi connectivity index (χ3v) is 3.94. The van der Waals surface area contributed by atoms with E-state index >= 15 is 0 Å². The summed E-state index contributed by atoms with van der Waals surface area (Å²) in [5, 5.41) is 10.5. The molecule has 0 spiro atoms. The van der Waals surface area contributed by atoms with E-state index in [1.807, 2.05) is 6.92 Å². The van der Waals surface area contributed by atoms with Crippen LogP contribution >= 0.6 is 0 Å². The number of carbonyl (C=O) groups is 1. The first-order valence-corrected chi connectivity index (χ1v) is 7.33. The number of Topliss-reactive ketones (excluding diaryl/α,β-unsaturated/α-hetero) is 1. The molecule has 5 heteroatoms. The highest BCUT2D eigenvalue weighted by Gasteiger charge is 2.37. The van der Waals surface area contributed by atoms with Crippen molar-refractivity contribution in [3.63, 3.8) is 0 Å². The summed E-state index contributed by atoms with van der Waals surface area (Å²) in [5.74, 6) is -2.25. The Bertz CT molecular complexity index is 518. The van der Waals surface area contributed by atoms with Gasteiger partial charge >= 0.3 is 0 Å². The van der Waals surface area contributed by atoms with Gasteiger partial charge in [-0.15, -0.1) is 0 Å². The lowest BCUT2D eigenvalue weighted by atomic mass is 9.79. The molecule has 0 heterocycles. The van der Waals surface area contributed by atoms with Crippen molar-refractivity contribution >= 4 is 5.78 Å². The molecule has 0 atom stereocenters. The Labute approximate surface area is 122 Å². The van der Waals surface area contributed by atoms with Gasteiger partial charge in [0.25, 0.3) is 0 Å². The second kappa shape index (κ2) is 6.52. The molecular formula is C16H20F2O3. The highest BCUT2D eigenvalue weighted by atomic mass is 19.2.